The van der Waals surface area contributed by atoms with E-state index in [1.165, 1.54) is 17.1 Å². The predicted molar refractivity (Wildman–Crippen MR) is 217 cm³/mol. The van der Waals surface area contributed by atoms with Crippen molar-refractivity contribution in [1.82, 2.24) is 55.8 Å². The lowest BCUT2D eigenvalue weighted by Crippen LogP contribution is -2.44. The second-order valence-corrected chi connectivity index (χ2v) is 15.1. The van der Waals surface area contributed by atoms with Gasteiger partial charge < -0.3 is 24.6 Å². The number of ether oxygens (including phenoxy) is 2. The highest BCUT2D eigenvalue weighted by atomic mass is 19.4. The molecule has 10 rings (SSSR count). The quantitative estimate of drug-likeness (QED) is 0.147. The lowest BCUT2D eigenvalue weighted by molar-refractivity contribution is -0.140. The average Bonchev–Trinajstić information content (AvgIpc) is 4.08. The number of rotatable bonds is 6. The summed E-state index contributed by atoms with van der Waals surface area (Å²) in [6.07, 6.45) is 5.71. The van der Waals surface area contributed by atoms with Crippen LogP contribution in [0.1, 0.15) is 43.9 Å². The lowest BCUT2D eigenvalue weighted by Gasteiger charge is -2.35. The third-order valence-electron chi connectivity index (χ3n) is 11.3. The normalized spacial score (nSPS) is 19.3. The van der Waals surface area contributed by atoms with Gasteiger partial charge >= 0.3 is 6.18 Å². The Hall–Kier alpha value is -5.98. The molecule has 0 aliphatic carbocycles. The fourth-order valence-electron chi connectivity index (χ4n) is 8.30. The third-order valence-corrected chi connectivity index (χ3v) is 11.3. The van der Waals surface area contributed by atoms with Crippen LogP contribution < -0.4 is 15.1 Å². The standard InChI is InChI=1S/C21H26N6O.C20H18F3N7O/c1-14-13-28-11-10-27(14)19-12-17(15-2-6-22-7-3-15)16-4-8-23-21(20(16)25-19)18-5-9-24-26-18;1-11-10-31-7-6-30(11)16-8-13(14-9-26-29-19(14)20(21,22)23)12-2-4-24-18(17(12)27-16)15-3-5-25-28-15/h4-5,8-9,12,14-15,22H,2-3,6-7,10-11,13H2,1H3,(H,24,26);2-5,8-9,11H,6-7,10H2,1H3,(H,25,28)(H,26,29)/t14-;11-/m11/s1. The number of aromatic amines is 3. The Morgan fingerprint density at radius 2 is 1.25 bits per heavy atom. The van der Waals surface area contributed by atoms with Gasteiger partial charge in [0.2, 0.25) is 0 Å². The molecule has 18 heteroatoms. The Balaban J connectivity index is 0.000000153. The topological polar surface area (TPSA) is 175 Å². The Kier molecular flexibility index (Phi) is 10.7. The molecule has 0 radical (unpaired) electrons. The predicted octanol–water partition coefficient (Wildman–Crippen LogP) is 6.37. The molecule has 10 heterocycles. The molecule has 306 valence electrons. The van der Waals surface area contributed by atoms with Crippen molar-refractivity contribution in [3.05, 3.63) is 78.6 Å². The first-order valence-electron chi connectivity index (χ1n) is 19.8. The van der Waals surface area contributed by atoms with Crippen molar-refractivity contribution in [2.45, 2.75) is 50.9 Å². The molecule has 0 bridgehead atoms. The number of nitrogens with one attached hydrogen (secondary N) is 4. The molecule has 0 unspecified atom stereocenters. The van der Waals surface area contributed by atoms with Gasteiger partial charge in [0.05, 0.1) is 56.1 Å². The van der Waals surface area contributed by atoms with Crippen LogP contribution in [0.2, 0.25) is 0 Å². The number of piperidine rings is 1. The zero-order valence-electron chi connectivity index (χ0n) is 32.6. The average molecular weight is 808 g/mol. The molecule has 7 aromatic rings. The van der Waals surface area contributed by atoms with Crippen molar-refractivity contribution in [2.75, 3.05) is 62.4 Å². The molecule has 2 atom stereocenters. The molecule has 0 amide bonds. The fraction of sp³-hybridized carbons (Fsp3) is 0.390. The molecule has 3 aliphatic rings. The summed E-state index contributed by atoms with van der Waals surface area (Å²) in [5.74, 6) is 2.13. The highest BCUT2D eigenvalue weighted by molar-refractivity contribution is 6.02. The van der Waals surface area contributed by atoms with E-state index < -0.39 is 11.9 Å². The third kappa shape index (κ3) is 7.70. The molecule has 0 aromatic carbocycles. The zero-order chi connectivity index (χ0) is 40.5. The van der Waals surface area contributed by atoms with E-state index in [0.717, 1.165) is 68.4 Å². The minimum atomic E-state index is -4.58. The van der Waals surface area contributed by atoms with Gasteiger partial charge in [-0.3, -0.25) is 25.3 Å². The van der Waals surface area contributed by atoms with Crippen LogP contribution in [0.3, 0.4) is 0 Å². The summed E-state index contributed by atoms with van der Waals surface area (Å²) in [6, 6.07) is 11.8. The summed E-state index contributed by atoms with van der Waals surface area (Å²) in [4.78, 5) is 23.4. The highest BCUT2D eigenvalue weighted by Gasteiger charge is 2.37. The Bertz CT molecular complexity index is 2520. The summed E-state index contributed by atoms with van der Waals surface area (Å²) < 4.78 is 52.1. The van der Waals surface area contributed by atoms with Crippen LogP contribution in [0.4, 0.5) is 24.8 Å². The summed E-state index contributed by atoms with van der Waals surface area (Å²) in [6.45, 7) is 10.3. The van der Waals surface area contributed by atoms with Crippen molar-refractivity contribution in [3.63, 3.8) is 0 Å². The van der Waals surface area contributed by atoms with Gasteiger partial charge in [0.1, 0.15) is 39.8 Å². The first kappa shape index (κ1) is 38.5. The minimum Gasteiger partial charge on any atom is -0.377 e. The lowest BCUT2D eigenvalue weighted by atomic mass is 9.88. The van der Waals surface area contributed by atoms with Gasteiger partial charge in [0.15, 0.2) is 0 Å². The number of fused-ring (bicyclic) bond motifs is 2. The molecule has 0 saturated carbocycles. The van der Waals surface area contributed by atoms with E-state index >= 15 is 0 Å². The van der Waals surface area contributed by atoms with Crippen LogP contribution in [-0.4, -0.2) is 115 Å². The van der Waals surface area contributed by atoms with Gasteiger partial charge in [0, 0.05) is 54.2 Å². The van der Waals surface area contributed by atoms with E-state index in [9.17, 15) is 13.2 Å². The Morgan fingerprint density at radius 3 is 1.81 bits per heavy atom. The second-order valence-electron chi connectivity index (χ2n) is 15.1. The minimum absolute atomic E-state index is 0.0188. The van der Waals surface area contributed by atoms with E-state index in [4.69, 9.17) is 19.4 Å². The van der Waals surface area contributed by atoms with Gasteiger partial charge in [-0.2, -0.15) is 28.5 Å². The number of H-pyrrole nitrogens is 3. The number of aromatic nitrogens is 10. The number of pyridine rings is 4. The van der Waals surface area contributed by atoms with Gasteiger partial charge in [0.25, 0.3) is 0 Å². The molecular formula is C41H44F3N13O2. The fourth-order valence-corrected chi connectivity index (χ4v) is 8.30. The number of hydrogen-bond donors (Lipinski definition) is 4. The zero-order valence-corrected chi connectivity index (χ0v) is 32.6. The molecule has 0 spiro atoms. The Morgan fingerprint density at radius 1 is 0.678 bits per heavy atom. The highest BCUT2D eigenvalue weighted by Crippen LogP contribution is 2.41. The maximum absolute atomic E-state index is 13.6. The number of halogens is 3. The van der Waals surface area contributed by atoms with E-state index in [-0.39, 0.29) is 11.6 Å². The number of anilines is 2. The van der Waals surface area contributed by atoms with Crippen LogP contribution in [0.5, 0.6) is 0 Å². The van der Waals surface area contributed by atoms with Crippen molar-refractivity contribution >= 4 is 33.4 Å². The van der Waals surface area contributed by atoms with Crippen LogP contribution in [0.25, 0.3) is 55.7 Å². The van der Waals surface area contributed by atoms with Gasteiger partial charge in [-0.05, 0) is 93.2 Å². The van der Waals surface area contributed by atoms with E-state index in [2.05, 4.69) is 69.8 Å². The SMILES string of the molecule is C[C@@H]1COCCN1c1cc(-c2cn[nH]c2C(F)(F)F)c2ccnc(-c3ccn[nH]3)c2n1.C[C@@H]1COCCN1c1cc(C2CCNCC2)c2ccnc(-c3ccn[nH]3)c2n1. The van der Waals surface area contributed by atoms with Crippen LogP contribution in [0.15, 0.2) is 67.4 Å². The summed E-state index contributed by atoms with van der Waals surface area (Å²) in [5, 5.41) is 25.0. The molecule has 3 aliphatic heterocycles. The number of hydrogen-bond acceptors (Lipinski definition) is 12. The van der Waals surface area contributed by atoms with Crippen LogP contribution >= 0.6 is 0 Å². The van der Waals surface area contributed by atoms with Crippen LogP contribution in [-0.2, 0) is 15.7 Å². The van der Waals surface area contributed by atoms with E-state index in [1.807, 2.05) is 24.1 Å². The number of morpholine rings is 2. The molecule has 3 saturated heterocycles. The largest absolute Gasteiger partial charge is 0.433 e. The molecule has 4 N–H and O–H groups in total. The van der Waals surface area contributed by atoms with Crippen molar-refractivity contribution in [3.8, 4) is 33.9 Å². The first-order chi connectivity index (χ1) is 28.7. The molecule has 15 nitrogen and oxygen atoms in total. The first-order valence-corrected chi connectivity index (χ1v) is 19.8. The molecule has 3 fully saturated rings. The van der Waals surface area contributed by atoms with Gasteiger partial charge in [-0.25, -0.2) is 9.97 Å². The van der Waals surface area contributed by atoms with E-state index in [1.54, 1.807) is 36.8 Å². The Labute approximate surface area is 337 Å². The number of nitrogens with zero attached hydrogens (tertiary/aromatic N) is 9. The monoisotopic (exact) mass is 807 g/mol. The second kappa shape index (κ2) is 16.3. The van der Waals surface area contributed by atoms with Crippen molar-refractivity contribution < 1.29 is 22.6 Å². The number of alkyl halides is 3. The van der Waals surface area contributed by atoms with Gasteiger partial charge in [-0.1, -0.05) is 0 Å². The van der Waals surface area contributed by atoms with Gasteiger partial charge in [-0.15, -0.1) is 0 Å². The van der Waals surface area contributed by atoms with Crippen molar-refractivity contribution in [2.24, 2.45) is 0 Å². The smallest absolute Gasteiger partial charge is 0.377 e. The summed E-state index contributed by atoms with van der Waals surface area (Å²) in [7, 11) is 0. The molecule has 59 heavy (non-hydrogen) atoms. The summed E-state index contributed by atoms with van der Waals surface area (Å²) >= 11 is 0. The van der Waals surface area contributed by atoms with Crippen molar-refractivity contribution in [1.29, 1.82) is 0 Å². The van der Waals surface area contributed by atoms with Crippen LogP contribution in [0, 0.1) is 0 Å². The molecular weight excluding hydrogens is 764 g/mol. The maximum atomic E-state index is 13.6. The summed E-state index contributed by atoms with van der Waals surface area (Å²) in [5.41, 5.74) is 5.17. The molecule has 7 aromatic heterocycles. The maximum Gasteiger partial charge on any atom is 0.433 e. The van der Waals surface area contributed by atoms with E-state index in [0.29, 0.717) is 65.4 Å².